The minimum absolute atomic E-state index is 0.0173. The molecule has 22 heavy (non-hydrogen) atoms. The summed E-state index contributed by atoms with van der Waals surface area (Å²) in [5, 5.41) is 13.2. The Morgan fingerprint density at radius 2 is 2.14 bits per heavy atom. The molecule has 0 spiro atoms. The Balaban J connectivity index is 1.61. The summed E-state index contributed by atoms with van der Waals surface area (Å²) in [6, 6.07) is 9.78. The predicted molar refractivity (Wildman–Crippen MR) is 96.1 cm³/mol. The van der Waals surface area contributed by atoms with Crippen molar-refractivity contribution in [3.05, 3.63) is 35.9 Å². The quantitative estimate of drug-likeness (QED) is 0.535. The van der Waals surface area contributed by atoms with E-state index in [2.05, 4.69) is 5.32 Å². The molecule has 1 aliphatic rings. The number of aliphatic hydroxyl groups is 1. The number of hydrogen-bond donors (Lipinski definition) is 2. The van der Waals surface area contributed by atoms with E-state index in [0.717, 1.165) is 23.7 Å². The van der Waals surface area contributed by atoms with Crippen molar-refractivity contribution in [1.82, 2.24) is 5.32 Å². The average Bonchev–Trinajstić information content (AvgIpc) is 3.05. The van der Waals surface area contributed by atoms with E-state index in [1.807, 2.05) is 51.9 Å². The van der Waals surface area contributed by atoms with Crippen LogP contribution >= 0.6 is 21.6 Å². The van der Waals surface area contributed by atoms with Crippen LogP contribution in [0.15, 0.2) is 30.3 Å². The Bertz CT molecular complexity index is 436. The van der Waals surface area contributed by atoms with Crippen LogP contribution in [-0.2, 0) is 11.2 Å². The van der Waals surface area contributed by atoms with Gasteiger partial charge in [-0.05, 0) is 31.2 Å². The zero-order valence-corrected chi connectivity index (χ0v) is 14.5. The minimum Gasteiger partial charge on any atom is -0.394 e. The molecule has 1 heterocycles. The van der Waals surface area contributed by atoms with Crippen LogP contribution in [0.4, 0.5) is 0 Å². The number of rotatable bonds is 9. The van der Waals surface area contributed by atoms with Gasteiger partial charge in [0.25, 0.3) is 0 Å². The number of benzene rings is 1. The van der Waals surface area contributed by atoms with Crippen LogP contribution in [0.25, 0.3) is 0 Å². The Kier molecular flexibility index (Phi) is 8.20. The van der Waals surface area contributed by atoms with Crippen LogP contribution in [0, 0.1) is 0 Å². The van der Waals surface area contributed by atoms with E-state index in [4.69, 9.17) is 0 Å². The smallest absolute Gasteiger partial charge is 0.220 e. The molecule has 0 saturated carbocycles. The van der Waals surface area contributed by atoms with E-state index in [9.17, 15) is 9.90 Å². The topological polar surface area (TPSA) is 49.3 Å². The molecule has 1 amide bonds. The summed E-state index contributed by atoms with van der Waals surface area (Å²) >= 11 is 0. The highest BCUT2D eigenvalue weighted by Crippen LogP contribution is 2.39. The number of nitrogens with one attached hydrogen (secondary N) is 1. The lowest BCUT2D eigenvalue weighted by molar-refractivity contribution is -0.122. The third kappa shape index (κ3) is 6.63. The molecule has 5 heteroatoms. The molecule has 0 aromatic heterocycles. The van der Waals surface area contributed by atoms with E-state index < -0.39 is 0 Å². The number of hydrogen-bond acceptors (Lipinski definition) is 4. The van der Waals surface area contributed by atoms with Crippen molar-refractivity contribution in [2.75, 3.05) is 12.4 Å². The van der Waals surface area contributed by atoms with Gasteiger partial charge in [0.15, 0.2) is 0 Å². The zero-order valence-electron chi connectivity index (χ0n) is 12.9. The van der Waals surface area contributed by atoms with Crippen molar-refractivity contribution in [3.63, 3.8) is 0 Å². The first-order valence-electron chi connectivity index (χ1n) is 8.00. The second-order valence-corrected chi connectivity index (χ2v) is 8.50. The molecule has 1 aliphatic heterocycles. The standard InChI is InChI=1S/C17H25NO2S2/c19-13-15(12-14-6-2-1-3-7-14)18-17(20)9-5-4-8-16-10-11-21-22-16/h1-3,6-7,15-16,19H,4-5,8-13H2,(H,18,20). The Labute approximate surface area is 141 Å². The summed E-state index contributed by atoms with van der Waals surface area (Å²) in [5.41, 5.74) is 1.14. The maximum absolute atomic E-state index is 12.0. The molecule has 1 aromatic rings. The molecular weight excluding hydrogens is 314 g/mol. The van der Waals surface area contributed by atoms with Gasteiger partial charge in [-0.3, -0.25) is 4.79 Å². The molecule has 1 saturated heterocycles. The number of carbonyl (C=O) groups is 1. The van der Waals surface area contributed by atoms with Gasteiger partial charge in [0.2, 0.25) is 5.91 Å². The van der Waals surface area contributed by atoms with Gasteiger partial charge < -0.3 is 10.4 Å². The molecule has 0 radical (unpaired) electrons. The fraction of sp³-hybridized carbons (Fsp3) is 0.588. The lowest BCUT2D eigenvalue weighted by Gasteiger charge is -2.16. The Hall–Kier alpha value is -0.650. The normalized spacial score (nSPS) is 19.0. The summed E-state index contributed by atoms with van der Waals surface area (Å²) in [6.07, 6.45) is 5.84. The average molecular weight is 340 g/mol. The first-order valence-corrected chi connectivity index (χ1v) is 10.4. The van der Waals surface area contributed by atoms with Crippen LogP contribution in [0.2, 0.25) is 0 Å². The van der Waals surface area contributed by atoms with Crippen LogP contribution in [-0.4, -0.2) is 34.7 Å². The summed E-state index contributed by atoms with van der Waals surface area (Å²) < 4.78 is 0. The summed E-state index contributed by atoms with van der Waals surface area (Å²) in [7, 11) is 3.97. The summed E-state index contributed by atoms with van der Waals surface area (Å²) in [6.45, 7) is -0.0173. The largest absolute Gasteiger partial charge is 0.394 e. The maximum atomic E-state index is 12.0. The number of carbonyl (C=O) groups excluding carboxylic acids is 1. The highest BCUT2D eigenvalue weighted by atomic mass is 33.1. The molecule has 122 valence electrons. The first kappa shape index (κ1) is 17.7. The van der Waals surface area contributed by atoms with E-state index in [0.29, 0.717) is 12.8 Å². The van der Waals surface area contributed by atoms with Crippen molar-refractivity contribution in [2.45, 2.75) is 49.8 Å². The van der Waals surface area contributed by atoms with Gasteiger partial charge in [0.1, 0.15) is 0 Å². The van der Waals surface area contributed by atoms with Crippen molar-refractivity contribution in [3.8, 4) is 0 Å². The highest BCUT2D eigenvalue weighted by Gasteiger charge is 2.16. The van der Waals surface area contributed by atoms with Crippen molar-refractivity contribution < 1.29 is 9.90 Å². The molecule has 0 aliphatic carbocycles. The van der Waals surface area contributed by atoms with Crippen molar-refractivity contribution in [2.24, 2.45) is 0 Å². The first-order chi connectivity index (χ1) is 10.8. The van der Waals surface area contributed by atoms with Crippen LogP contribution < -0.4 is 5.32 Å². The summed E-state index contributed by atoms with van der Waals surface area (Å²) in [4.78, 5) is 12.0. The Morgan fingerprint density at radius 1 is 1.32 bits per heavy atom. The van der Waals surface area contributed by atoms with Crippen molar-refractivity contribution >= 4 is 27.5 Å². The molecule has 2 rings (SSSR count). The number of amides is 1. The van der Waals surface area contributed by atoms with Gasteiger partial charge in [0, 0.05) is 17.4 Å². The molecular formula is C17H25NO2S2. The van der Waals surface area contributed by atoms with Crippen LogP contribution in [0.1, 0.15) is 37.7 Å². The third-order valence-electron chi connectivity index (χ3n) is 3.82. The van der Waals surface area contributed by atoms with Crippen LogP contribution in [0.3, 0.4) is 0 Å². The van der Waals surface area contributed by atoms with E-state index in [1.54, 1.807) is 0 Å². The third-order valence-corrected chi connectivity index (χ3v) is 6.82. The lowest BCUT2D eigenvalue weighted by atomic mass is 10.1. The van der Waals surface area contributed by atoms with Crippen molar-refractivity contribution in [1.29, 1.82) is 0 Å². The second kappa shape index (κ2) is 10.2. The Morgan fingerprint density at radius 3 is 2.82 bits per heavy atom. The van der Waals surface area contributed by atoms with Gasteiger partial charge in [0.05, 0.1) is 12.6 Å². The lowest BCUT2D eigenvalue weighted by Crippen LogP contribution is -2.38. The van der Waals surface area contributed by atoms with Gasteiger partial charge in [-0.1, -0.05) is 58.3 Å². The minimum atomic E-state index is -0.184. The molecule has 1 fully saturated rings. The van der Waals surface area contributed by atoms with E-state index >= 15 is 0 Å². The number of unbranched alkanes of at least 4 members (excludes halogenated alkanes) is 1. The molecule has 0 bridgehead atoms. The second-order valence-electron chi connectivity index (χ2n) is 5.71. The SMILES string of the molecule is O=C(CCCCC1CCSS1)NC(CO)Cc1ccccc1. The van der Waals surface area contributed by atoms with Gasteiger partial charge in [-0.25, -0.2) is 0 Å². The molecule has 2 unspecified atom stereocenters. The van der Waals surface area contributed by atoms with E-state index in [1.165, 1.54) is 18.6 Å². The van der Waals surface area contributed by atoms with Gasteiger partial charge in [-0.2, -0.15) is 0 Å². The van der Waals surface area contributed by atoms with E-state index in [-0.39, 0.29) is 18.6 Å². The summed E-state index contributed by atoms with van der Waals surface area (Å²) in [5.74, 6) is 1.33. The van der Waals surface area contributed by atoms with Gasteiger partial charge in [-0.15, -0.1) is 0 Å². The highest BCUT2D eigenvalue weighted by molar-refractivity contribution is 8.77. The monoisotopic (exact) mass is 339 g/mol. The zero-order chi connectivity index (χ0) is 15.6. The predicted octanol–water partition coefficient (Wildman–Crippen LogP) is 3.42. The maximum Gasteiger partial charge on any atom is 0.220 e. The van der Waals surface area contributed by atoms with Crippen LogP contribution in [0.5, 0.6) is 0 Å². The molecule has 2 N–H and O–H groups in total. The molecule has 2 atom stereocenters. The van der Waals surface area contributed by atoms with Gasteiger partial charge >= 0.3 is 0 Å². The molecule has 3 nitrogen and oxygen atoms in total. The number of aliphatic hydroxyl groups excluding tert-OH is 1. The fourth-order valence-corrected chi connectivity index (χ4v) is 5.61. The molecule has 1 aromatic carbocycles. The fourth-order valence-electron chi connectivity index (χ4n) is 2.58.